The van der Waals surface area contributed by atoms with Crippen molar-refractivity contribution in [2.45, 2.75) is 33.8 Å². The van der Waals surface area contributed by atoms with Crippen LogP contribution in [0.15, 0.2) is 30.3 Å². The zero-order valence-corrected chi connectivity index (χ0v) is 12.0. The molecule has 0 saturated heterocycles. The minimum Gasteiger partial charge on any atom is -0.486 e. The van der Waals surface area contributed by atoms with E-state index in [-0.39, 0.29) is 5.82 Å². The van der Waals surface area contributed by atoms with Crippen molar-refractivity contribution in [3.05, 3.63) is 53.4 Å². The maximum Gasteiger partial charge on any atom is 0.146 e. The molecule has 0 aliphatic carbocycles. The number of imidazole rings is 1. The average Bonchev–Trinajstić information content (AvgIpc) is 2.80. The molecule has 1 N–H and O–H groups in total. The molecule has 0 bridgehead atoms. The maximum atomic E-state index is 12.8. The van der Waals surface area contributed by atoms with Crippen LogP contribution in [0.4, 0.5) is 4.39 Å². The van der Waals surface area contributed by atoms with Crippen molar-refractivity contribution in [1.82, 2.24) is 9.97 Å². The van der Waals surface area contributed by atoms with Crippen LogP contribution in [0.25, 0.3) is 5.57 Å². The molecule has 0 spiro atoms. The summed E-state index contributed by atoms with van der Waals surface area (Å²) in [4.78, 5) is 7.75. The van der Waals surface area contributed by atoms with Gasteiger partial charge in [-0.15, -0.1) is 0 Å². The third kappa shape index (κ3) is 3.47. The van der Waals surface area contributed by atoms with Crippen LogP contribution >= 0.6 is 0 Å². The minimum atomic E-state index is -0.270. The molecular weight excluding hydrogens is 255 g/mol. The molecule has 0 fully saturated rings. The number of aromatic amines is 1. The highest BCUT2D eigenvalue weighted by Crippen LogP contribution is 2.18. The van der Waals surface area contributed by atoms with Gasteiger partial charge >= 0.3 is 0 Å². The van der Waals surface area contributed by atoms with Gasteiger partial charge in [0.05, 0.1) is 5.69 Å². The topological polar surface area (TPSA) is 37.9 Å². The van der Waals surface area contributed by atoms with E-state index >= 15 is 0 Å². The molecule has 0 atom stereocenters. The van der Waals surface area contributed by atoms with Gasteiger partial charge in [0, 0.05) is 5.69 Å². The predicted octanol–water partition coefficient (Wildman–Crippen LogP) is 4.25. The fraction of sp³-hybridized carbons (Fsp3) is 0.312. The molecule has 2 aromatic rings. The van der Waals surface area contributed by atoms with E-state index in [0.29, 0.717) is 12.4 Å². The molecule has 20 heavy (non-hydrogen) atoms. The third-order valence-corrected chi connectivity index (χ3v) is 3.01. The summed E-state index contributed by atoms with van der Waals surface area (Å²) in [6, 6.07) is 5.97. The fourth-order valence-corrected chi connectivity index (χ4v) is 2.06. The standard InChI is InChI=1S/C16H19FN2O/c1-4-5-11(2)16-12(3)18-15(19-16)10-20-14-8-6-13(17)7-9-14/h5-9H,4,10H2,1-3H3,(H,18,19)/b11-5+. The van der Waals surface area contributed by atoms with Crippen LogP contribution in [0.3, 0.4) is 0 Å². The lowest BCUT2D eigenvalue weighted by Crippen LogP contribution is -1.97. The summed E-state index contributed by atoms with van der Waals surface area (Å²) in [5, 5.41) is 0. The SMILES string of the molecule is CC/C=C(\C)c1nc(COc2ccc(F)cc2)[nH]c1C. The Labute approximate surface area is 118 Å². The highest BCUT2D eigenvalue weighted by molar-refractivity contribution is 5.62. The number of nitrogens with one attached hydrogen (secondary N) is 1. The molecule has 3 nitrogen and oxygen atoms in total. The maximum absolute atomic E-state index is 12.8. The Morgan fingerprint density at radius 1 is 1.35 bits per heavy atom. The van der Waals surface area contributed by atoms with Crippen molar-refractivity contribution in [2.75, 3.05) is 0 Å². The number of aryl methyl sites for hydroxylation is 1. The second kappa shape index (κ2) is 6.37. The molecule has 1 aromatic heterocycles. The summed E-state index contributed by atoms with van der Waals surface area (Å²) in [5.74, 6) is 1.13. The number of rotatable bonds is 5. The van der Waals surface area contributed by atoms with E-state index in [1.165, 1.54) is 12.1 Å². The largest absolute Gasteiger partial charge is 0.486 e. The Morgan fingerprint density at radius 2 is 2.05 bits per heavy atom. The Balaban J connectivity index is 2.05. The molecule has 0 aliphatic rings. The lowest BCUT2D eigenvalue weighted by atomic mass is 10.1. The third-order valence-electron chi connectivity index (χ3n) is 3.01. The van der Waals surface area contributed by atoms with Crippen LogP contribution in [0.1, 0.15) is 37.5 Å². The van der Waals surface area contributed by atoms with Crippen LogP contribution in [0, 0.1) is 12.7 Å². The molecule has 106 valence electrons. The van der Waals surface area contributed by atoms with Crippen molar-refractivity contribution >= 4 is 5.57 Å². The van der Waals surface area contributed by atoms with Crippen molar-refractivity contribution < 1.29 is 9.13 Å². The minimum absolute atomic E-state index is 0.270. The number of H-pyrrole nitrogens is 1. The Kier molecular flexibility index (Phi) is 4.56. The quantitative estimate of drug-likeness (QED) is 0.885. The summed E-state index contributed by atoms with van der Waals surface area (Å²) < 4.78 is 18.4. The number of hydrogen-bond acceptors (Lipinski definition) is 2. The van der Waals surface area contributed by atoms with E-state index in [0.717, 1.165) is 29.2 Å². The molecule has 0 aliphatic heterocycles. The second-order valence-corrected chi connectivity index (χ2v) is 4.70. The van der Waals surface area contributed by atoms with Crippen LogP contribution in [0.5, 0.6) is 5.75 Å². The number of halogens is 1. The first-order valence-corrected chi connectivity index (χ1v) is 6.71. The number of benzene rings is 1. The highest BCUT2D eigenvalue weighted by Gasteiger charge is 2.08. The summed E-state index contributed by atoms with van der Waals surface area (Å²) in [7, 11) is 0. The average molecular weight is 274 g/mol. The summed E-state index contributed by atoms with van der Waals surface area (Å²) >= 11 is 0. The lowest BCUT2D eigenvalue weighted by Gasteiger charge is -2.03. The fourth-order valence-electron chi connectivity index (χ4n) is 2.06. The lowest BCUT2D eigenvalue weighted by molar-refractivity contribution is 0.296. The van der Waals surface area contributed by atoms with Gasteiger partial charge in [0.1, 0.15) is 24.0 Å². The van der Waals surface area contributed by atoms with Gasteiger partial charge in [-0.25, -0.2) is 9.37 Å². The predicted molar refractivity (Wildman–Crippen MR) is 78.0 cm³/mol. The number of ether oxygens (including phenoxy) is 1. The van der Waals surface area contributed by atoms with Gasteiger partial charge in [0.25, 0.3) is 0 Å². The Bertz CT molecular complexity index is 599. The molecule has 1 aromatic carbocycles. The van der Waals surface area contributed by atoms with Crippen LogP contribution in [-0.4, -0.2) is 9.97 Å². The first kappa shape index (κ1) is 14.3. The number of nitrogens with zero attached hydrogens (tertiary/aromatic N) is 1. The van der Waals surface area contributed by atoms with E-state index in [4.69, 9.17) is 4.74 Å². The second-order valence-electron chi connectivity index (χ2n) is 4.70. The first-order chi connectivity index (χ1) is 9.60. The molecule has 1 heterocycles. The van der Waals surface area contributed by atoms with Gasteiger partial charge < -0.3 is 9.72 Å². The Hall–Kier alpha value is -2.10. The normalized spacial score (nSPS) is 11.7. The number of allylic oxidation sites excluding steroid dienone is 2. The summed E-state index contributed by atoms with van der Waals surface area (Å²) in [6.45, 7) is 6.49. The van der Waals surface area contributed by atoms with Crippen LogP contribution in [-0.2, 0) is 6.61 Å². The smallest absolute Gasteiger partial charge is 0.146 e. The summed E-state index contributed by atoms with van der Waals surface area (Å²) in [6.07, 6.45) is 3.13. The van der Waals surface area contributed by atoms with E-state index in [1.807, 2.05) is 6.92 Å². The number of hydrogen-bond donors (Lipinski definition) is 1. The monoisotopic (exact) mass is 274 g/mol. The van der Waals surface area contributed by atoms with Gasteiger partial charge in [-0.2, -0.15) is 0 Å². The van der Waals surface area contributed by atoms with Crippen molar-refractivity contribution in [3.8, 4) is 5.75 Å². The van der Waals surface area contributed by atoms with Crippen molar-refractivity contribution in [3.63, 3.8) is 0 Å². The molecule has 0 amide bonds. The first-order valence-electron chi connectivity index (χ1n) is 6.71. The van der Waals surface area contributed by atoms with E-state index in [1.54, 1.807) is 12.1 Å². The zero-order chi connectivity index (χ0) is 14.5. The van der Waals surface area contributed by atoms with Crippen LogP contribution < -0.4 is 4.74 Å². The molecule has 0 radical (unpaired) electrons. The Morgan fingerprint density at radius 3 is 2.70 bits per heavy atom. The zero-order valence-electron chi connectivity index (χ0n) is 12.0. The molecule has 0 unspecified atom stereocenters. The summed E-state index contributed by atoms with van der Waals surface area (Å²) in [5.41, 5.74) is 3.17. The molecule has 0 saturated carbocycles. The van der Waals surface area contributed by atoms with Gasteiger partial charge in [0.15, 0.2) is 0 Å². The van der Waals surface area contributed by atoms with E-state index in [2.05, 4.69) is 29.9 Å². The van der Waals surface area contributed by atoms with E-state index < -0.39 is 0 Å². The van der Waals surface area contributed by atoms with Gasteiger partial charge in [-0.1, -0.05) is 13.0 Å². The number of aromatic nitrogens is 2. The van der Waals surface area contributed by atoms with Crippen molar-refractivity contribution in [1.29, 1.82) is 0 Å². The van der Waals surface area contributed by atoms with Gasteiger partial charge in [-0.3, -0.25) is 0 Å². The highest BCUT2D eigenvalue weighted by atomic mass is 19.1. The molecule has 4 heteroatoms. The van der Waals surface area contributed by atoms with Crippen molar-refractivity contribution in [2.24, 2.45) is 0 Å². The van der Waals surface area contributed by atoms with Gasteiger partial charge in [0.2, 0.25) is 0 Å². The molecule has 2 rings (SSSR count). The molecular formula is C16H19FN2O. The van der Waals surface area contributed by atoms with Gasteiger partial charge in [-0.05, 0) is 50.1 Å². The van der Waals surface area contributed by atoms with Crippen LogP contribution in [0.2, 0.25) is 0 Å². The van der Waals surface area contributed by atoms with E-state index in [9.17, 15) is 4.39 Å².